The van der Waals surface area contributed by atoms with Gasteiger partial charge in [0.05, 0.1) is 31.0 Å². The van der Waals surface area contributed by atoms with Gasteiger partial charge in [-0.15, -0.1) is 11.8 Å². The Morgan fingerprint density at radius 2 is 1.44 bits per heavy atom. The minimum Gasteiger partial charge on any atom is -0.497 e. The summed E-state index contributed by atoms with van der Waals surface area (Å²) < 4.78 is 10.7. The molecular formula is C30H26N2O6S. The zero-order chi connectivity index (χ0) is 27.8. The first kappa shape index (κ1) is 27.3. The summed E-state index contributed by atoms with van der Waals surface area (Å²) in [5, 5.41) is 14.5. The molecule has 0 radical (unpaired) electrons. The molecule has 0 aliphatic carbocycles. The van der Waals surface area contributed by atoms with Crippen LogP contribution in [0.2, 0.25) is 0 Å². The number of methoxy groups -OCH3 is 2. The summed E-state index contributed by atoms with van der Waals surface area (Å²) in [5.41, 5.74) is 1.82. The highest BCUT2D eigenvalue weighted by Crippen LogP contribution is 2.38. The molecule has 0 heterocycles. The summed E-state index contributed by atoms with van der Waals surface area (Å²) in [6.07, 6.45) is 0. The van der Waals surface area contributed by atoms with Gasteiger partial charge in [0.1, 0.15) is 16.7 Å². The van der Waals surface area contributed by atoms with E-state index in [-0.39, 0.29) is 17.0 Å². The Kier molecular flexibility index (Phi) is 8.86. The molecule has 1 unspecified atom stereocenters. The van der Waals surface area contributed by atoms with E-state index in [1.54, 1.807) is 61.7 Å². The van der Waals surface area contributed by atoms with Crippen LogP contribution in [-0.2, 0) is 4.79 Å². The summed E-state index contributed by atoms with van der Waals surface area (Å²) in [5.74, 6) is -0.854. The highest BCUT2D eigenvalue weighted by atomic mass is 32.2. The quantitative estimate of drug-likeness (QED) is 0.207. The van der Waals surface area contributed by atoms with Gasteiger partial charge in [-0.2, -0.15) is 0 Å². The number of thioether (sulfide) groups is 1. The van der Waals surface area contributed by atoms with E-state index in [9.17, 15) is 19.5 Å². The number of carboxylic acid groups (broad SMARTS) is 1. The number of amides is 2. The van der Waals surface area contributed by atoms with Crippen molar-refractivity contribution in [1.82, 2.24) is 0 Å². The third-order valence-corrected chi connectivity index (χ3v) is 7.04. The van der Waals surface area contributed by atoms with Crippen LogP contribution in [0.5, 0.6) is 11.5 Å². The van der Waals surface area contributed by atoms with Crippen molar-refractivity contribution in [2.75, 3.05) is 24.9 Å². The zero-order valence-electron chi connectivity index (χ0n) is 21.2. The monoisotopic (exact) mass is 542 g/mol. The molecule has 39 heavy (non-hydrogen) atoms. The first-order valence-corrected chi connectivity index (χ1v) is 12.8. The molecule has 0 fully saturated rings. The van der Waals surface area contributed by atoms with Gasteiger partial charge in [0.2, 0.25) is 5.91 Å². The van der Waals surface area contributed by atoms with Crippen molar-refractivity contribution in [3.8, 4) is 11.5 Å². The van der Waals surface area contributed by atoms with Gasteiger partial charge >= 0.3 is 5.97 Å². The summed E-state index contributed by atoms with van der Waals surface area (Å²) in [6, 6.07) is 27.6. The lowest BCUT2D eigenvalue weighted by Gasteiger charge is -2.19. The molecule has 0 saturated carbocycles. The summed E-state index contributed by atoms with van der Waals surface area (Å²) in [4.78, 5) is 38.4. The molecule has 4 aromatic carbocycles. The molecule has 0 aromatic heterocycles. The van der Waals surface area contributed by atoms with Crippen molar-refractivity contribution in [2.24, 2.45) is 0 Å². The molecule has 3 N–H and O–H groups in total. The van der Waals surface area contributed by atoms with Crippen LogP contribution in [0.4, 0.5) is 11.4 Å². The Morgan fingerprint density at radius 3 is 2.08 bits per heavy atom. The molecule has 0 saturated heterocycles. The van der Waals surface area contributed by atoms with Gasteiger partial charge in [-0.25, -0.2) is 4.79 Å². The third kappa shape index (κ3) is 6.77. The molecule has 0 bridgehead atoms. The molecule has 1 atom stereocenters. The first-order chi connectivity index (χ1) is 18.9. The van der Waals surface area contributed by atoms with E-state index in [1.165, 1.54) is 31.0 Å². The first-order valence-electron chi connectivity index (χ1n) is 11.9. The molecule has 9 heteroatoms. The number of aromatic carboxylic acids is 1. The Hall–Kier alpha value is -4.76. The highest BCUT2D eigenvalue weighted by molar-refractivity contribution is 8.00. The second kappa shape index (κ2) is 12.7. The lowest BCUT2D eigenvalue weighted by molar-refractivity contribution is -0.115. The third-order valence-electron chi connectivity index (χ3n) is 5.78. The van der Waals surface area contributed by atoms with E-state index in [0.29, 0.717) is 22.9 Å². The molecule has 8 nitrogen and oxygen atoms in total. The Bertz CT molecular complexity index is 1470. The number of rotatable bonds is 10. The molecule has 198 valence electrons. The van der Waals surface area contributed by atoms with E-state index in [1.807, 2.05) is 30.3 Å². The fourth-order valence-electron chi connectivity index (χ4n) is 3.82. The van der Waals surface area contributed by atoms with E-state index in [2.05, 4.69) is 10.6 Å². The molecule has 0 aliphatic rings. The lowest BCUT2D eigenvalue weighted by atomic mass is 10.1. The Balaban J connectivity index is 1.52. The van der Waals surface area contributed by atoms with Crippen LogP contribution in [0.3, 0.4) is 0 Å². The molecule has 0 spiro atoms. The van der Waals surface area contributed by atoms with Crippen molar-refractivity contribution < 1.29 is 29.0 Å². The predicted octanol–water partition coefficient (Wildman–Crippen LogP) is 6.13. The van der Waals surface area contributed by atoms with Crippen molar-refractivity contribution in [1.29, 1.82) is 0 Å². The second-order valence-corrected chi connectivity index (χ2v) is 9.47. The van der Waals surface area contributed by atoms with E-state index >= 15 is 0 Å². The average Bonchev–Trinajstić information content (AvgIpc) is 2.97. The van der Waals surface area contributed by atoms with Gasteiger partial charge in [-0.3, -0.25) is 9.59 Å². The van der Waals surface area contributed by atoms with Crippen LogP contribution in [0, 0.1) is 0 Å². The molecular weight excluding hydrogens is 516 g/mol. The molecule has 0 aliphatic heterocycles. The van der Waals surface area contributed by atoms with Gasteiger partial charge in [-0.05, 0) is 54.1 Å². The SMILES string of the molecule is COc1ccc(NC(=O)C(Sc2ccc(NC(=O)c3ccccc3C(=O)O)cc2)c2ccccc2)c(OC)c1. The van der Waals surface area contributed by atoms with Gasteiger partial charge in [0, 0.05) is 16.6 Å². The molecule has 4 aromatic rings. The van der Waals surface area contributed by atoms with Gasteiger partial charge in [0.15, 0.2) is 0 Å². The van der Waals surface area contributed by atoms with E-state index < -0.39 is 17.1 Å². The number of benzene rings is 4. The summed E-state index contributed by atoms with van der Waals surface area (Å²) >= 11 is 1.35. The number of hydrogen-bond acceptors (Lipinski definition) is 6. The fraction of sp³-hybridized carbons (Fsp3) is 0.100. The Morgan fingerprint density at radius 1 is 0.769 bits per heavy atom. The summed E-state index contributed by atoms with van der Waals surface area (Å²) in [7, 11) is 3.08. The van der Waals surface area contributed by atoms with Crippen molar-refractivity contribution >= 4 is 40.9 Å². The Labute approximate surface area is 230 Å². The highest BCUT2D eigenvalue weighted by Gasteiger charge is 2.23. The maximum atomic E-state index is 13.5. The number of ether oxygens (including phenoxy) is 2. The van der Waals surface area contributed by atoms with Crippen LogP contribution >= 0.6 is 11.8 Å². The maximum Gasteiger partial charge on any atom is 0.336 e. The van der Waals surface area contributed by atoms with E-state index in [0.717, 1.165) is 10.5 Å². The van der Waals surface area contributed by atoms with Gasteiger partial charge in [-0.1, -0.05) is 42.5 Å². The topological polar surface area (TPSA) is 114 Å². The number of nitrogens with one attached hydrogen (secondary N) is 2. The molecule has 2 amide bonds. The standard InChI is InChI=1S/C30H26N2O6S/c1-37-21-14-17-25(26(18-21)38-2)32-29(34)27(19-8-4-3-5-9-19)39-22-15-12-20(13-16-22)31-28(33)23-10-6-7-11-24(23)30(35)36/h3-18,27H,1-2H3,(H,31,33)(H,32,34)(H,35,36). The van der Waals surface area contributed by atoms with Crippen molar-refractivity contribution in [3.63, 3.8) is 0 Å². The minimum atomic E-state index is -1.18. The van der Waals surface area contributed by atoms with Crippen LogP contribution in [-0.4, -0.2) is 37.1 Å². The van der Waals surface area contributed by atoms with Crippen molar-refractivity contribution in [2.45, 2.75) is 10.1 Å². The van der Waals surface area contributed by atoms with Crippen LogP contribution in [0.1, 0.15) is 31.5 Å². The van der Waals surface area contributed by atoms with Gasteiger partial charge in [0.25, 0.3) is 5.91 Å². The number of carboxylic acids is 1. The van der Waals surface area contributed by atoms with E-state index in [4.69, 9.17) is 9.47 Å². The largest absolute Gasteiger partial charge is 0.497 e. The normalized spacial score (nSPS) is 11.2. The smallest absolute Gasteiger partial charge is 0.336 e. The van der Waals surface area contributed by atoms with Crippen LogP contribution in [0.25, 0.3) is 0 Å². The second-order valence-electron chi connectivity index (χ2n) is 8.29. The number of carbonyl (C=O) groups excluding carboxylic acids is 2. The fourth-order valence-corrected chi connectivity index (χ4v) is 4.84. The average molecular weight is 543 g/mol. The number of hydrogen-bond donors (Lipinski definition) is 3. The van der Waals surface area contributed by atoms with Crippen LogP contribution < -0.4 is 20.1 Å². The van der Waals surface area contributed by atoms with Crippen LogP contribution in [0.15, 0.2) is 102 Å². The predicted molar refractivity (Wildman–Crippen MR) is 151 cm³/mol. The number of carbonyl (C=O) groups is 3. The van der Waals surface area contributed by atoms with Gasteiger partial charge < -0.3 is 25.2 Å². The molecule has 4 rings (SSSR count). The minimum absolute atomic E-state index is 0.0678. The number of anilines is 2. The lowest BCUT2D eigenvalue weighted by Crippen LogP contribution is -2.19. The zero-order valence-corrected chi connectivity index (χ0v) is 22.0. The summed E-state index contributed by atoms with van der Waals surface area (Å²) in [6.45, 7) is 0. The van der Waals surface area contributed by atoms with Crippen molar-refractivity contribution in [3.05, 3.63) is 114 Å². The maximum absolute atomic E-state index is 13.5.